The lowest BCUT2D eigenvalue weighted by atomic mass is 9.81. The second-order valence-corrected chi connectivity index (χ2v) is 9.43. The molecule has 2 amide bonds. The number of fused-ring (bicyclic) bond motifs is 1. The molecule has 0 spiro atoms. The number of nitro benzene ring substituents is 1. The largest absolute Gasteiger partial charge is 0.274 e. The van der Waals surface area contributed by atoms with Crippen LogP contribution in [-0.4, -0.2) is 26.4 Å². The second kappa shape index (κ2) is 7.40. The van der Waals surface area contributed by atoms with Gasteiger partial charge < -0.3 is 0 Å². The third-order valence-electron chi connectivity index (χ3n) is 5.45. The fourth-order valence-corrected chi connectivity index (χ4v) is 5.17. The minimum atomic E-state index is -0.439. The van der Waals surface area contributed by atoms with Crippen LogP contribution < -0.4 is 4.90 Å². The van der Waals surface area contributed by atoms with Gasteiger partial charge in [0, 0.05) is 21.8 Å². The fraction of sp³-hybridized carbons (Fsp3) is 0.300. The van der Waals surface area contributed by atoms with Gasteiger partial charge in [-0.2, -0.15) is 0 Å². The molecule has 4 atom stereocenters. The Morgan fingerprint density at radius 1 is 0.821 bits per heavy atom. The van der Waals surface area contributed by atoms with Crippen molar-refractivity contribution < 1.29 is 14.5 Å². The zero-order chi connectivity index (χ0) is 20.0. The molecule has 1 saturated carbocycles. The van der Waals surface area contributed by atoms with Gasteiger partial charge in [-0.3, -0.25) is 24.6 Å². The Labute approximate surface area is 178 Å². The molecule has 2 aliphatic rings. The number of benzene rings is 2. The highest BCUT2D eigenvalue weighted by molar-refractivity contribution is 9.12. The number of carbonyl (C=O) groups is 2. The van der Waals surface area contributed by atoms with E-state index in [0.717, 1.165) is 11.1 Å². The molecular formula is C20H16Br2N2O4. The fourth-order valence-electron chi connectivity index (χ4n) is 3.93. The lowest BCUT2D eigenvalue weighted by Crippen LogP contribution is -2.34. The third-order valence-corrected chi connectivity index (χ3v) is 8.18. The number of nitrogens with zero attached hydrogens (tertiary/aromatic N) is 2. The van der Waals surface area contributed by atoms with Crippen LogP contribution in [0.4, 0.5) is 11.4 Å². The number of hydrogen-bond donors (Lipinski definition) is 0. The van der Waals surface area contributed by atoms with Crippen LogP contribution in [0.25, 0.3) is 11.1 Å². The lowest BCUT2D eigenvalue weighted by molar-refractivity contribution is -0.384. The quantitative estimate of drug-likeness (QED) is 0.261. The van der Waals surface area contributed by atoms with Gasteiger partial charge in [-0.05, 0) is 48.2 Å². The molecule has 2 aromatic carbocycles. The SMILES string of the molecule is O=C1[C@H]2C[C@H](Br)[C@@H](Br)C[C@H]2C(=O)N1c1ccc(-c2ccc([N+](=O)[O-])cc2)cc1. The van der Waals surface area contributed by atoms with Crippen molar-refractivity contribution in [1.29, 1.82) is 0 Å². The number of non-ortho nitro benzene ring substituents is 1. The van der Waals surface area contributed by atoms with Crippen molar-refractivity contribution in [3.05, 3.63) is 58.6 Å². The van der Waals surface area contributed by atoms with Crippen molar-refractivity contribution >= 4 is 55.0 Å². The molecule has 1 saturated heterocycles. The first kappa shape index (κ1) is 19.3. The van der Waals surface area contributed by atoms with Gasteiger partial charge in [0.05, 0.1) is 22.4 Å². The Kier molecular flexibility index (Phi) is 5.09. The number of rotatable bonds is 3. The average molecular weight is 508 g/mol. The molecule has 0 unspecified atom stereocenters. The van der Waals surface area contributed by atoms with Gasteiger partial charge in [-0.25, -0.2) is 0 Å². The smallest absolute Gasteiger partial charge is 0.269 e. The predicted molar refractivity (Wildman–Crippen MR) is 113 cm³/mol. The first-order chi connectivity index (χ1) is 13.4. The molecule has 0 N–H and O–H groups in total. The normalized spacial score (nSPS) is 27.0. The van der Waals surface area contributed by atoms with Crippen LogP contribution >= 0.6 is 31.9 Å². The molecule has 28 heavy (non-hydrogen) atoms. The number of imide groups is 1. The van der Waals surface area contributed by atoms with Gasteiger partial charge in [0.2, 0.25) is 11.8 Å². The van der Waals surface area contributed by atoms with E-state index in [0.29, 0.717) is 18.5 Å². The van der Waals surface area contributed by atoms with Gasteiger partial charge in [0.25, 0.3) is 5.69 Å². The maximum Gasteiger partial charge on any atom is 0.269 e. The summed E-state index contributed by atoms with van der Waals surface area (Å²) in [6.07, 6.45) is 1.28. The maximum absolute atomic E-state index is 12.9. The summed E-state index contributed by atoms with van der Waals surface area (Å²) < 4.78 is 0. The summed E-state index contributed by atoms with van der Waals surface area (Å²) in [6.45, 7) is 0. The predicted octanol–water partition coefficient (Wildman–Crippen LogP) is 4.69. The number of alkyl halides is 2. The monoisotopic (exact) mass is 506 g/mol. The van der Waals surface area contributed by atoms with Crippen molar-refractivity contribution in [3.8, 4) is 11.1 Å². The van der Waals surface area contributed by atoms with Gasteiger partial charge in [-0.1, -0.05) is 44.0 Å². The summed E-state index contributed by atoms with van der Waals surface area (Å²) in [5.41, 5.74) is 2.28. The van der Waals surface area contributed by atoms with E-state index in [4.69, 9.17) is 0 Å². The van der Waals surface area contributed by atoms with Crippen molar-refractivity contribution in [2.24, 2.45) is 11.8 Å². The minimum absolute atomic E-state index is 0.0337. The van der Waals surface area contributed by atoms with Crippen LogP contribution in [0.5, 0.6) is 0 Å². The van der Waals surface area contributed by atoms with E-state index in [-0.39, 0.29) is 39.0 Å². The van der Waals surface area contributed by atoms with E-state index in [1.165, 1.54) is 17.0 Å². The van der Waals surface area contributed by atoms with E-state index >= 15 is 0 Å². The first-order valence-electron chi connectivity index (χ1n) is 8.87. The molecule has 2 fully saturated rings. The number of hydrogen-bond acceptors (Lipinski definition) is 4. The highest BCUT2D eigenvalue weighted by Gasteiger charge is 2.52. The molecule has 0 aromatic heterocycles. The third kappa shape index (κ3) is 3.28. The van der Waals surface area contributed by atoms with Crippen LogP contribution in [0.1, 0.15) is 12.8 Å². The van der Waals surface area contributed by atoms with Crippen LogP contribution in [0.3, 0.4) is 0 Å². The molecule has 1 aliphatic carbocycles. The Morgan fingerprint density at radius 3 is 1.68 bits per heavy atom. The summed E-state index contributed by atoms with van der Waals surface area (Å²) in [4.78, 5) is 37.7. The van der Waals surface area contributed by atoms with Crippen molar-refractivity contribution in [3.63, 3.8) is 0 Å². The molecule has 1 heterocycles. The maximum atomic E-state index is 12.9. The highest BCUT2D eigenvalue weighted by Crippen LogP contribution is 2.44. The Morgan fingerprint density at radius 2 is 1.25 bits per heavy atom. The van der Waals surface area contributed by atoms with Gasteiger partial charge >= 0.3 is 0 Å². The van der Waals surface area contributed by atoms with Gasteiger partial charge in [0.1, 0.15) is 0 Å². The van der Waals surface area contributed by atoms with E-state index in [2.05, 4.69) is 31.9 Å². The standard InChI is InChI=1S/C20H16Br2N2O4/c21-17-9-15-16(10-18(17)22)20(26)23(19(15)25)13-5-1-11(2-6-13)12-3-7-14(8-4-12)24(27)28/h1-8,15-18H,9-10H2/t15-,16+,17-,18-/m0/s1. The molecule has 2 aromatic rings. The average Bonchev–Trinajstić information content (AvgIpc) is 2.92. The Balaban J connectivity index is 1.58. The minimum Gasteiger partial charge on any atom is -0.274 e. The Bertz CT molecular complexity index is 918. The van der Waals surface area contributed by atoms with Gasteiger partial charge in [-0.15, -0.1) is 0 Å². The van der Waals surface area contributed by atoms with Crippen molar-refractivity contribution in [1.82, 2.24) is 0 Å². The molecule has 8 heteroatoms. The van der Waals surface area contributed by atoms with E-state index in [1.54, 1.807) is 24.3 Å². The van der Waals surface area contributed by atoms with Crippen molar-refractivity contribution in [2.75, 3.05) is 4.90 Å². The van der Waals surface area contributed by atoms with E-state index in [1.807, 2.05) is 12.1 Å². The molecule has 4 rings (SSSR count). The molecule has 6 nitrogen and oxygen atoms in total. The summed E-state index contributed by atoms with van der Waals surface area (Å²) >= 11 is 7.18. The van der Waals surface area contributed by atoms with Crippen LogP contribution in [0.15, 0.2) is 48.5 Å². The number of halogens is 2. The topological polar surface area (TPSA) is 80.5 Å². The van der Waals surface area contributed by atoms with E-state index < -0.39 is 4.92 Å². The zero-order valence-corrected chi connectivity index (χ0v) is 17.8. The lowest BCUT2D eigenvalue weighted by Gasteiger charge is -2.29. The second-order valence-electron chi connectivity index (χ2n) is 7.08. The van der Waals surface area contributed by atoms with Crippen molar-refractivity contribution in [2.45, 2.75) is 22.5 Å². The number of nitro groups is 1. The summed E-state index contributed by atoms with van der Waals surface area (Å²) in [7, 11) is 0. The zero-order valence-electron chi connectivity index (χ0n) is 14.6. The molecular weight excluding hydrogens is 492 g/mol. The van der Waals surface area contributed by atoms with Crippen LogP contribution in [0.2, 0.25) is 0 Å². The Hall–Kier alpha value is -2.06. The van der Waals surface area contributed by atoms with Gasteiger partial charge in [0.15, 0.2) is 0 Å². The van der Waals surface area contributed by atoms with Crippen LogP contribution in [0, 0.1) is 22.0 Å². The summed E-state index contributed by atoms with van der Waals surface area (Å²) in [5.74, 6) is -0.830. The first-order valence-corrected chi connectivity index (χ1v) is 10.7. The summed E-state index contributed by atoms with van der Waals surface area (Å²) in [6, 6.07) is 13.4. The number of anilines is 1. The molecule has 0 radical (unpaired) electrons. The number of carbonyl (C=O) groups excluding carboxylic acids is 2. The number of amides is 2. The highest BCUT2D eigenvalue weighted by atomic mass is 79.9. The van der Waals surface area contributed by atoms with Crippen LogP contribution in [-0.2, 0) is 9.59 Å². The molecule has 144 valence electrons. The summed E-state index contributed by atoms with van der Waals surface area (Å²) in [5, 5.41) is 10.8. The molecule has 1 aliphatic heterocycles. The molecule has 0 bridgehead atoms. The van der Waals surface area contributed by atoms with E-state index in [9.17, 15) is 19.7 Å².